The summed E-state index contributed by atoms with van der Waals surface area (Å²) in [5, 5.41) is 7.00. The smallest absolute Gasteiger partial charge is 0.162 e. The van der Waals surface area contributed by atoms with Crippen LogP contribution < -0.4 is 0 Å². The molecule has 1 fully saturated rings. The third kappa shape index (κ3) is 5.68. The van der Waals surface area contributed by atoms with E-state index >= 15 is 0 Å². The first-order chi connectivity index (χ1) is 20.1. The van der Waals surface area contributed by atoms with Gasteiger partial charge in [0.15, 0.2) is 0 Å². The van der Waals surface area contributed by atoms with E-state index in [4.69, 9.17) is 0 Å². The number of fused-ring (bicyclic) bond motifs is 4. The van der Waals surface area contributed by atoms with Crippen molar-refractivity contribution in [3.05, 3.63) is 91.6 Å². The monoisotopic (exact) mass is 656 g/mol. The molecular formula is C40H58N2Zr. The maximum atomic E-state index is 3.50. The number of hydrogen-bond acceptors (Lipinski definition) is 0. The van der Waals surface area contributed by atoms with Crippen LogP contribution in [0.1, 0.15) is 133 Å². The minimum absolute atomic E-state index is 0.288. The summed E-state index contributed by atoms with van der Waals surface area (Å²) in [4.78, 5) is 0. The summed E-state index contributed by atoms with van der Waals surface area (Å²) in [6.45, 7) is 19.8. The quantitative estimate of drug-likeness (QED) is 0.307. The van der Waals surface area contributed by atoms with Crippen LogP contribution in [0, 0.1) is 0 Å². The third-order valence-corrected chi connectivity index (χ3v) is 24.4. The van der Waals surface area contributed by atoms with Crippen molar-refractivity contribution in [3.63, 3.8) is 0 Å². The maximum absolute atomic E-state index is 3.50. The zero-order chi connectivity index (χ0) is 31.6. The molecule has 232 valence electrons. The Kier molecular flexibility index (Phi) is 8.86. The van der Waals surface area contributed by atoms with Gasteiger partial charge in [-0.1, -0.05) is 0 Å². The zero-order valence-electron chi connectivity index (χ0n) is 29.4. The van der Waals surface area contributed by atoms with E-state index in [0.717, 1.165) is 7.25 Å². The van der Waals surface area contributed by atoms with Crippen molar-refractivity contribution in [2.24, 2.45) is 0 Å². The third-order valence-electron chi connectivity index (χ3n) is 11.8. The van der Waals surface area contributed by atoms with Crippen molar-refractivity contribution in [2.75, 3.05) is 28.2 Å². The van der Waals surface area contributed by atoms with Gasteiger partial charge in [0.1, 0.15) is 0 Å². The van der Waals surface area contributed by atoms with Crippen molar-refractivity contribution < 1.29 is 20.3 Å². The van der Waals surface area contributed by atoms with Gasteiger partial charge in [-0.15, -0.1) is 0 Å². The van der Waals surface area contributed by atoms with Gasteiger partial charge in [-0.05, 0) is 0 Å². The molecule has 5 aliphatic rings. The van der Waals surface area contributed by atoms with Gasteiger partial charge in [0.2, 0.25) is 0 Å². The Morgan fingerprint density at radius 1 is 0.512 bits per heavy atom. The number of hydrogen-bond donors (Lipinski definition) is 0. The van der Waals surface area contributed by atoms with E-state index in [2.05, 4.69) is 115 Å². The van der Waals surface area contributed by atoms with E-state index in [0.29, 0.717) is 10.8 Å². The molecule has 1 heterocycles. The van der Waals surface area contributed by atoms with Crippen LogP contribution in [0.2, 0.25) is 8.26 Å². The van der Waals surface area contributed by atoms with Crippen molar-refractivity contribution >= 4 is 12.2 Å². The Balaban J connectivity index is 0.000000569. The standard InChI is InChI=1S/2C17H21.2C2H6N.C2H4.Zr/c2*1-16(2)8-9-17(3,4)15-11-13-7-5-6-12(13)10-14(15)16;2*1-3-2;1-2;/h2*5-7,10-11H,8-9H2,1-4H3;2*1-2H3;1-2H2;/q;;2*-1;;+2. The molecule has 1 saturated heterocycles. The molecule has 2 aromatic carbocycles. The fourth-order valence-corrected chi connectivity index (χ4v) is 24.2. The molecule has 2 nitrogen and oxygen atoms in total. The Labute approximate surface area is 269 Å². The second kappa shape index (κ2) is 11.5. The van der Waals surface area contributed by atoms with Crippen LogP contribution in [-0.2, 0) is 41.9 Å². The molecule has 0 bridgehead atoms. The Hall–Kier alpha value is -1.28. The normalized spacial score (nSPS) is 25.8. The molecule has 4 aliphatic carbocycles. The van der Waals surface area contributed by atoms with Gasteiger partial charge in [0.25, 0.3) is 0 Å². The minimum atomic E-state index is -2.47. The van der Waals surface area contributed by atoms with E-state index in [1.165, 1.54) is 25.7 Å². The summed E-state index contributed by atoms with van der Waals surface area (Å²) in [6.07, 6.45) is 15.6. The molecule has 7 rings (SSSR count). The SMILES string of the molecule is CC1(C)CCC(C)(C)c2cc3c(cc21)C=C[CH]3[Zr+2]1([CH]2C=Cc3cc4c(cc32)C(C)(C)CCC4(C)C)[CH2][CH2]1.C[N-]C.C[N-]C. The Morgan fingerprint density at radius 3 is 1.07 bits per heavy atom. The van der Waals surface area contributed by atoms with Gasteiger partial charge in [-0.2, -0.15) is 28.2 Å². The van der Waals surface area contributed by atoms with Gasteiger partial charge >= 0.3 is 232 Å². The van der Waals surface area contributed by atoms with Gasteiger partial charge in [-0.25, -0.2) is 0 Å². The summed E-state index contributed by atoms with van der Waals surface area (Å²) in [5.74, 6) is 0. The first kappa shape index (κ1) is 33.1. The summed E-state index contributed by atoms with van der Waals surface area (Å²) < 4.78 is 4.60. The predicted octanol–water partition coefficient (Wildman–Crippen LogP) is 11.5. The van der Waals surface area contributed by atoms with Crippen LogP contribution in [0.3, 0.4) is 0 Å². The van der Waals surface area contributed by atoms with Gasteiger partial charge in [0.05, 0.1) is 0 Å². The van der Waals surface area contributed by atoms with Crippen LogP contribution in [0.15, 0.2) is 36.4 Å². The number of allylic oxidation sites excluding steroid dienone is 2. The number of nitrogens with zero attached hydrogens (tertiary/aromatic N) is 2. The molecule has 0 saturated carbocycles. The summed E-state index contributed by atoms with van der Waals surface area (Å²) in [7, 11) is 7.00. The first-order valence-electron chi connectivity index (χ1n) is 16.8. The molecule has 2 atom stereocenters. The first-order valence-corrected chi connectivity index (χ1v) is 23.1. The molecule has 0 spiro atoms. The Morgan fingerprint density at radius 2 is 0.791 bits per heavy atom. The molecule has 2 unspecified atom stereocenters. The molecule has 0 N–H and O–H groups in total. The van der Waals surface area contributed by atoms with Crippen LogP contribution in [0.5, 0.6) is 0 Å². The fourth-order valence-electron chi connectivity index (χ4n) is 8.69. The van der Waals surface area contributed by atoms with Crippen molar-refractivity contribution in [1.29, 1.82) is 0 Å². The zero-order valence-corrected chi connectivity index (χ0v) is 31.9. The van der Waals surface area contributed by atoms with Gasteiger partial charge in [-0.3, -0.25) is 0 Å². The fraction of sp³-hybridized carbons (Fsp3) is 0.600. The minimum Gasteiger partial charge on any atom is -0.668 e. The Bertz CT molecular complexity index is 1330. The van der Waals surface area contributed by atoms with Crippen LogP contribution in [-0.4, -0.2) is 28.2 Å². The largest absolute Gasteiger partial charge is 0.668 e. The summed E-state index contributed by atoms with van der Waals surface area (Å²) >= 11 is -2.47. The van der Waals surface area contributed by atoms with E-state index in [9.17, 15) is 0 Å². The van der Waals surface area contributed by atoms with E-state index in [1.807, 2.05) is 0 Å². The second-order valence-electron chi connectivity index (χ2n) is 16.9. The molecule has 1 aliphatic heterocycles. The van der Waals surface area contributed by atoms with E-state index < -0.39 is 20.3 Å². The topological polar surface area (TPSA) is 28.2 Å². The molecule has 43 heavy (non-hydrogen) atoms. The van der Waals surface area contributed by atoms with Crippen molar-refractivity contribution in [3.8, 4) is 0 Å². The van der Waals surface area contributed by atoms with Crippen LogP contribution in [0.4, 0.5) is 0 Å². The van der Waals surface area contributed by atoms with E-state index in [-0.39, 0.29) is 10.8 Å². The van der Waals surface area contributed by atoms with Gasteiger partial charge < -0.3 is 10.6 Å². The molecule has 0 aromatic heterocycles. The predicted molar refractivity (Wildman–Crippen MR) is 187 cm³/mol. The average Bonchev–Trinajstić information content (AvgIpc) is 3.42. The molecule has 3 heteroatoms. The maximum Gasteiger partial charge on any atom is -0.162 e. The van der Waals surface area contributed by atoms with Gasteiger partial charge in [0, 0.05) is 0 Å². The van der Waals surface area contributed by atoms with E-state index in [1.54, 1.807) is 81.0 Å². The molecule has 0 radical (unpaired) electrons. The van der Waals surface area contributed by atoms with Crippen LogP contribution >= 0.6 is 0 Å². The summed E-state index contributed by atoms with van der Waals surface area (Å²) in [6, 6.07) is 10.7. The molecular weight excluding hydrogens is 600 g/mol. The molecule has 2 aromatic rings. The second-order valence-corrected chi connectivity index (χ2v) is 28.5. The van der Waals surface area contributed by atoms with Crippen molar-refractivity contribution in [2.45, 2.75) is 118 Å². The number of rotatable bonds is 2. The average molecular weight is 658 g/mol. The number of benzene rings is 2. The summed E-state index contributed by atoms with van der Waals surface area (Å²) in [5.41, 5.74) is 14.2. The van der Waals surface area contributed by atoms with Crippen LogP contribution in [0.25, 0.3) is 22.8 Å². The molecule has 0 amide bonds. The van der Waals surface area contributed by atoms with Crippen molar-refractivity contribution in [1.82, 2.24) is 0 Å².